The zero-order valence-electron chi connectivity index (χ0n) is 16.6. The monoisotopic (exact) mass is 490 g/mol. The summed E-state index contributed by atoms with van der Waals surface area (Å²) in [7, 11) is 0. The second-order valence-electron chi connectivity index (χ2n) is 7.28. The molecule has 6 nitrogen and oxygen atoms in total. The third kappa shape index (κ3) is 3.58. The van der Waals surface area contributed by atoms with E-state index in [1.807, 2.05) is 28.8 Å². The molecule has 1 N–H and O–H groups in total. The highest BCUT2D eigenvalue weighted by Crippen LogP contribution is 2.20. The maximum absolute atomic E-state index is 14.0. The zero-order valence-corrected chi connectivity index (χ0v) is 18.2. The molecule has 0 spiro atoms. The third-order valence-corrected chi connectivity index (χ3v) is 5.72. The van der Waals surface area contributed by atoms with Crippen LogP contribution >= 0.6 is 15.9 Å². The molecule has 0 atom stereocenters. The minimum atomic E-state index is -0.524. The molecule has 0 unspecified atom stereocenters. The number of aromatic nitrogens is 3. The Kier molecular flexibility index (Phi) is 5.07. The van der Waals surface area contributed by atoms with Gasteiger partial charge >= 0.3 is 0 Å². The Morgan fingerprint density at radius 2 is 1.81 bits per heavy atom. The Labute approximate surface area is 190 Å². The molecule has 0 saturated heterocycles. The van der Waals surface area contributed by atoms with Crippen molar-refractivity contribution in [1.29, 1.82) is 0 Å². The first kappa shape index (κ1) is 20.1. The van der Waals surface area contributed by atoms with Crippen LogP contribution in [0.5, 0.6) is 0 Å². The van der Waals surface area contributed by atoms with Crippen molar-refractivity contribution in [2.45, 2.75) is 6.54 Å². The van der Waals surface area contributed by atoms with Gasteiger partial charge in [-0.25, -0.2) is 9.37 Å². The van der Waals surface area contributed by atoms with Gasteiger partial charge in [0.1, 0.15) is 11.3 Å². The first-order valence-corrected chi connectivity index (χ1v) is 10.6. The number of nitrogens with zero attached hydrogens (tertiary/aromatic N) is 3. The third-order valence-electron chi connectivity index (χ3n) is 5.23. The fraction of sp³-hybridized carbons (Fsp3) is 0.0417. The molecule has 0 aliphatic carbocycles. The molecule has 3 heterocycles. The number of carbonyl (C=O) groups excluding carboxylic acids is 1. The highest BCUT2D eigenvalue weighted by atomic mass is 79.9. The predicted octanol–water partition coefficient (Wildman–Crippen LogP) is 4.85. The lowest BCUT2D eigenvalue weighted by Crippen LogP contribution is -2.24. The number of anilines is 1. The molecule has 1 amide bonds. The second-order valence-corrected chi connectivity index (χ2v) is 8.19. The van der Waals surface area contributed by atoms with Crippen LogP contribution in [-0.2, 0) is 6.54 Å². The number of benzene rings is 2. The number of pyridine rings is 1. The fourth-order valence-electron chi connectivity index (χ4n) is 3.66. The highest BCUT2D eigenvalue weighted by Gasteiger charge is 2.13. The molecule has 5 aromatic rings. The molecule has 0 aliphatic heterocycles. The molecule has 3 aromatic heterocycles. The summed E-state index contributed by atoms with van der Waals surface area (Å²) in [5.41, 5.74) is 3.15. The van der Waals surface area contributed by atoms with E-state index < -0.39 is 11.7 Å². The molecule has 5 rings (SSSR count). The van der Waals surface area contributed by atoms with E-state index in [-0.39, 0.29) is 11.2 Å². The molecule has 0 radical (unpaired) electrons. The van der Waals surface area contributed by atoms with Gasteiger partial charge in [-0.3, -0.25) is 14.2 Å². The van der Waals surface area contributed by atoms with Gasteiger partial charge in [0.25, 0.3) is 11.5 Å². The minimum absolute atomic E-state index is 0.104. The van der Waals surface area contributed by atoms with E-state index in [2.05, 4.69) is 26.2 Å². The molecule has 2 aromatic carbocycles. The van der Waals surface area contributed by atoms with Crippen LogP contribution in [0.1, 0.15) is 15.9 Å². The summed E-state index contributed by atoms with van der Waals surface area (Å²) in [5, 5.41) is 2.57. The largest absolute Gasteiger partial charge is 0.319 e. The van der Waals surface area contributed by atoms with Gasteiger partial charge in [-0.1, -0.05) is 28.1 Å². The van der Waals surface area contributed by atoms with Crippen molar-refractivity contribution in [2.24, 2.45) is 0 Å². The minimum Gasteiger partial charge on any atom is -0.319 e. The van der Waals surface area contributed by atoms with E-state index in [1.54, 1.807) is 47.2 Å². The van der Waals surface area contributed by atoms with Gasteiger partial charge in [-0.2, -0.15) is 0 Å². The number of halogens is 2. The van der Waals surface area contributed by atoms with Crippen LogP contribution < -0.4 is 10.9 Å². The Morgan fingerprint density at radius 1 is 1.03 bits per heavy atom. The van der Waals surface area contributed by atoms with Crippen LogP contribution in [0.2, 0.25) is 0 Å². The van der Waals surface area contributed by atoms with Crippen molar-refractivity contribution in [1.82, 2.24) is 14.0 Å². The van der Waals surface area contributed by atoms with Crippen molar-refractivity contribution in [3.63, 3.8) is 0 Å². The van der Waals surface area contributed by atoms with E-state index in [0.717, 1.165) is 11.1 Å². The number of hydrogen-bond donors (Lipinski definition) is 1. The number of carbonyl (C=O) groups is 1. The van der Waals surface area contributed by atoms with Gasteiger partial charge in [0.2, 0.25) is 0 Å². The molecule has 32 heavy (non-hydrogen) atoms. The average molecular weight is 491 g/mol. The van der Waals surface area contributed by atoms with Gasteiger partial charge in [-0.05, 0) is 60.2 Å². The van der Waals surface area contributed by atoms with Crippen molar-refractivity contribution in [2.75, 3.05) is 5.32 Å². The van der Waals surface area contributed by atoms with Crippen molar-refractivity contribution in [3.05, 3.63) is 111 Å². The Hall–Kier alpha value is -3.78. The van der Waals surface area contributed by atoms with Crippen LogP contribution in [0.25, 0.3) is 16.7 Å². The number of amides is 1. The molecular formula is C24H16BrFN4O2. The Morgan fingerprint density at radius 3 is 2.59 bits per heavy atom. The molecule has 0 aliphatic rings. The molecule has 0 fully saturated rings. The van der Waals surface area contributed by atoms with Crippen LogP contribution in [0.3, 0.4) is 0 Å². The van der Waals surface area contributed by atoms with Gasteiger partial charge in [-0.15, -0.1) is 0 Å². The number of nitrogens with one attached hydrogen (secondary N) is 1. The highest BCUT2D eigenvalue weighted by molar-refractivity contribution is 9.10. The lowest BCUT2D eigenvalue weighted by Gasteiger charge is -2.12. The summed E-state index contributed by atoms with van der Waals surface area (Å²) in [6.07, 6.45) is 3.50. The van der Waals surface area contributed by atoms with Crippen LogP contribution in [0, 0.1) is 5.82 Å². The summed E-state index contributed by atoms with van der Waals surface area (Å²) < 4.78 is 18.0. The maximum atomic E-state index is 14.0. The Balaban J connectivity index is 1.44. The smallest absolute Gasteiger partial charge is 0.276 e. The topological polar surface area (TPSA) is 68.4 Å². The zero-order chi connectivity index (χ0) is 22.2. The van der Waals surface area contributed by atoms with E-state index in [4.69, 9.17) is 0 Å². The lowest BCUT2D eigenvalue weighted by atomic mass is 10.1. The summed E-state index contributed by atoms with van der Waals surface area (Å²) in [6.45, 7) is 0.303. The Bertz CT molecular complexity index is 1540. The average Bonchev–Trinajstić information content (AvgIpc) is 3.29. The van der Waals surface area contributed by atoms with Crippen LogP contribution in [0.15, 0.2) is 88.4 Å². The standard InChI is InChI=1S/C24H16BrFN4O2/c25-17-9-10-19(18(26)13-17)28-23(31)16-7-5-15(6-8-16)14-30-22-20(3-1-11-27-22)29-12-2-4-21(29)24(30)32/h1-13H,14H2,(H,28,31). The number of hydrogen-bond acceptors (Lipinski definition) is 3. The summed E-state index contributed by atoms with van der Waals surface area (Å²) >= 11 is 3.19. The molecule has 158 valence electrons. The second kappa shape index (κ2) is 8.05. The van der Waals surface area contributed by atoms with Gasteiger partial charge in [0.15, 0.2) is 5.65 Å². The van der Waals surface area contributed by atoms with E-state index >= 15 is 0 Å². The molecular weight excluding hydrogens is 475 g/mol. The van der Waals surface area contributed by atoms with Crippen molar-refractivity contribution in [3.8, 4) is 0 Å². The van der Waals surface area contributed by atoms with Crippen molar-refractivity contribution < 1.29 is 9.18 Å². The van der Waals surface area contributed by atoms with Gasteiger partial charge in [0, 0.05) is 22.4 Å². The maximum Gasteiger partial charge on any atom is 0.276 e. The molecule has 0 saturated carbocycles. The first-order valence-electron chi connectivity index (χ1n) is 9.81. The molecule has 0 bridgehead atoms. The quantitative estimate of drug-likeness (QED) is 0.391. The van der Waals surface area contributed by atoms with Crippen LogP contribution in [0.4, 0.5) is 10.1 Å². The lowest BCUT2D eigenvalue weighted by molar-refractivity contribution is 0.102. The van der Waals surface area contributed by atoms with E-state index in [0.29, 0.717) is 27.7 Å². The SMILES string of the molecule is O=C(Nc1ccc(Br)cc1F)c1ccc(Cn2c(=O)c3cccn3c3cccnc32)cc1. The van der Waals surface area contributed by atoms with Crippen LogP contribution in [-0.4, -0.2) is 19.9 Å². The van der Waals surface area contributed by atoms with E-state index in [9.17, 15) is 14.0 Å². The van der Waals surface area contributed by atoms with Gasteiger partial charge < -0.3 is 9.72 Å². The predicted molar refractivity (Wildman–Crippen MR) is 125 cm³/mol. The summed E-state index contributed by atoms with van der Waals surface area (Å²) in [6, 6.07) is 18.6. The molecule has 8 heteroatoms. The summed E-state index contributed by atoms with van der Waals surface area (Å²) in [5.74, 6) is -0.944. The number of fused-ring (bicyclic) bond motifs is 3. The first-order chi connectivity index (χ1) is 15.5. The van der Waals surface area contributed by atoms with Gasteiger partial charge in [0.05, 0.1) is 17.7 Å². The normalized spacial score (nSPS) is 11.2. The van der Waals surface area contributed by atoms with Crippen molar-refractivity contribution >= 4 is 44.2 Å². The fourth-order valence-corrected chi connectivity index (χ4v) is 3.99. The number of rotatable bonds is 4. The van der Waals surface area contributed by atoms with E-state index in [1.165, 1.54) is 12.1 Å². The summed E-state index contributed by atoms with van der Waals surface area (Å²) in [4.78, 5) is 30.0.